The number of rotatable bonds is 8. The number of benzene rings is 2. The molecule has 186 valence electrons. The monoisotopic (exact) mass is 549 g/mol. The van der Waals surface area contributed by atoms with Gasteiger partial charge >= 0.3 is 0 Å². The Morgan fingerprint density at radius 1 is 1.03 bits per heavy atom. The number of hydrogen-bond donors (Lipinski definition) is 2. The zero-order valence-electron chi connectivity index (χ0n) is 20.1. The molecule has 0 bridgehead atoms. The van der Waals surface area contributed by atoms with Crippen LogP contribution in [0.4, 0.5) is 11.4 Å². The fourth-order valence-electron chi connectivity index (χ4n) is 4.20. The maximum atomic E-state index is 14.6. The summed E-state index contributed by atoms with van der Waals surface area (Å²) in [5, 5.41) is 12.1. The third-order valence-electron chi connectivity index (χ3n) is 6.05. The van der Waals surface area contributed by atoms with Crippen LogP contribution < -0.4 is 4.31 Å². The highest BCUT2D eigenvalue weighted by molar-refractivity contribution is 8.05. The summed E-state index contributed by atoms with van der Waals surface area (Å²) >= 11 is 13.8. The van der Waals surface area contributed by atoms with Gasteiger partial charge in [-0.3, -0.25) is 18.4 Å². The molecule has 35 heavy (non-hydrogen) atoms. The van der Waals surface area contributed by atoms with Crippen molar-refractivity contribution in [1.29, 1.82) is 0 Å². The van der Waals surface area contributed by atoms with Gasteiger partial charge in [0.15, 0.2) is 0 Å². The van der Waals surface area contributed by atoms with Gasteiger partial charge in [-0.05, 0) is 84.7 Å². The average Bonchev–Trinajstić information content (AvgIpc) is 3.26. The number of pyridine rings is 1. The van der Waals surface area contributed by atoms with Gasteiger partial charge in [0.25, 0.3) is 0 Å². The number of fused-ring (bicyclic) bond motifs is 1. The molecule has 1 N–H and O–H groups in total. The lowest BCUT2D eigenvalue weighted by atomic mass is 10.1. The van der Waals surface area contributed by atoms with Gasteiger partial charge in [0.2, 0.25) is 0 Å². The molecule has 5 nitrogen and oxygen atoms in total. The van der Waals surface area contributed by atoms with E-state index in [1.807, 2.05) is 53.7 Å². The summed E-state index contributed by atoms with van der Waals surface area (Å²) < 4.78 is 17.8. The van der Waals surface area contributed by atoms with Gasteiger partial charge in [0, 0.05) is 34.5 Å². The van der Waals surface area contributed by atoms with E-state index in [1.165, 1.54) is 11.3 Å². The van der Waals surface area contributed by atoms with Gasteiger partial charge in [-0.1, -0.05) is 37.0 Å². The Hall–Kier alpha value is -2.16. The van der Waals surface area contributed by atoms with E-state index in [0.717, 1.165) is 46.6 Å². The van der Waals surface area contributed by atoms with Crippen LogP contribution in [0.2, 0.25) is 9.36 Å². The first-order valence-corrected chi connectivity index (χ1v) is 15.1. The average molecular weight is 551 g/mol. The van der Waals surface area contributed by atoms with Gasteiger partial charge < -0.3 is 5.11 Å². The van der Waals surface area contributed by atoms with Crippen molar-refractivity contribution in [2.45, 2.75) is 31.5 Å². The summed E-state index contributed by atoms with van der Waals surface area (Å²) in [5.74, 6) is 0.216. The van der Waals surface area contributed by atoms with E-state index in [0.29, 0.717) is 20.1 Å². The van der Waals surface area contributed by atoms with Crippen LogP contribution in [0.25, 0.3) is 10.9 Å². The Kier molecular flexibility index (Phi) is 7.74. The van der Waals surface area contributed by atoms with Crippen molar-refractivity contribution in [1.82, 2.24) is 9.88 Å². The first-order chi connectivity index (χ1) is 16.6. The Morgan fingerprint density at radius 3 is 2.43 bits per heavy atom. The number of thiophene rings is 1. The van der Waals surface area contributed by atoms with Gasteiger partial charge in [-0.15, -0.1) is 11.3 Å². The summed E-state index contributed by atoms with van der Waals surface area (Å²) in [5.41, 5.74) is 3.77. The summed E-state index contributed by atoms with van der Waals surface area (Å²) in [6.45, 7) is 8.40. The molecule has 0 saturated heterocycles. The molecule has 2 aromatic carbocycles. The van der Waals surface area contributed by atoms with E-state index in [9.17, 15) is 9.32 Å². The lowest BCUT2D eigenvalue weighted by Gasteiger charge is -2.36. The van der Waals surface area contributed by atoms with E-state index < -0.39 is 10.1 Å². The molecule has 0 atom stereocenters. The summed E-state index contributed by atoms with van der Waals surface area (Å²) in [6, 6.07) is 16.5. The van der Waals surface area contributed by atoms with Gasteiger partial charge in [0.05, 0.1) is 25.4 Å². The number of phenols is 1. The molecule has 0 amide bonds. The second-order valence-electron chi connectivity index (χ2n) is 8.49. The minimum atomic E-state index is -3.19. The molecule has 0 unspecified atom stereocenters. The van der Waals surface area contributed by atoms with Gasteiger partial charge in [-0.25, -0.2) is 0 Å². The van der Waals surface area contributed by atoms with Crippen molar-refractivity contribution in [3.63, 3.8) is 0 Å². The van der Waals surface area contributed by atoms with Crippen LogP contribution in [0.5, 0.6) is 5.75 Å². The van der Waals surface area contributed by atoms with Crippen LogP contribution in [0.3, 0.4) is 0 Å². The summed E-state index contributed by atoms with van der Waals surface area (Å²) in [7, 11) is -3.19. The normalized spacial score (nSPS) is 12.4. The summed E-state index contributed by atoms with van der Waals surface area (Å²) in [6.07, 6.45) is 1.75. The van der Waals surface area contributed by atoms with Crippen molar-refractivity contribution in [3.05, 3.63) is 75.2 Å². The lowest BCUT2D eigenvalue weighted by Crippen LogP contribution is -2.32. The molecule has 0 spiro atoms. The van der Waals surface area contributed by atoms with E-state index in [4.69, 9.17) is 23.2 Å². The molecular formula is C26H29Cl2N3O2S2. The third kappa shape index (κ3) is 5.34. The van der Waals surface area contributed by atoms with Crippen molar-refractivity contribution in [2.24, 2.45) is 0 Å². The number of hydrogen-bond acceptors (Lipinski definition) is 5. The van der Waals surface area contributed by atoms with Crippen LogP contribution in [0.1, 0.15) is 25.1 Å². The van der Waals surface area contributed by atoms with E-state index in [1.54, 1.807) is 18.4 Å². The molecule has 0 saturated carbocycles. The molecule has 4 aromatic rings. The van der Waals surface area contributed by atoms with Crippen molar-refractivity contribution in [3.8, 4) is 5.75 Å². The summed E-state index contributed by atoms with van der Waals surface area (Å²) in [4.78, 5) is 6.88. The first kappa shape index (κ1) is 25.9. The highest BCUT2D eigenvalue weighted by Crippen LogP contribution is 2.43. The largest absolute Gasteiger partial charge is 0.508 e. The van der Waals surface area contributed by atoms with E-state index >= 15 is 0 Å². The highest BCUT2D eigenvalue weighted by Gasteiger charge is 2.28. The maximum Gasteiger partial charge on any atom is 0.120 e. The minimum absolute atomic E-state index is 0.216. The Balaban J connectivity index is 1.98. The molecule has 0 fully saturated rings. The highest BCUT2D eigenvalue weighted by atomic mass is 35.5. The molecule has 2 aromatic heterocycles. The molecule has 2 heterocycles. The first-order valence-electron chi connectivity index (χ1n) is 11.4. The van der Waals surface area contributed by atoms with Crippen LogP contribution in [-0.4, -0.2) is 38.5 Å². The molecule has 0 aliphatic heterocycles. The molecular weight excluding hydrogens is 521 g/mol. The van der Waals surface area contributed by atoms with Gasteiger partial charge in [-0.2, -0.15) is 0 Å². The van der Waals surface area contributed by atoms with Crippen LogP contribution in [0.15, 0.2) is 58.8 Å². The number of aromatic hydroxyl groups is 1. The van der Waals surface area contributed by atoms with Crippen molar-refractivity contribution < 1.29 is 9.32 Å². The Morgan fingerprint density at radius 2 is 1.77 bits per heavy atom. The second kappa shape index (κ2) is 10.4. The fourth-order valence-corrected chi connectivity index (χ4v) is 8.22. The Labute approximate surface area is 221 Å². The predicted octanol–water partition coefficient (Wildman–Crippen LogP) is 7.22. The van der Waals surface area contributed by atoms with Gasteiger partial charge in [0.1, 0.15) is 5.75 Å². The predicted molar refractivity (Wildman–Crippen MR) is 151 cm³/mol. The number of thiol groups is 1. The number of nitrogens with zero attached hydrogens (tertiary/aromatic N) is 3. The van der Waals surface area contributed by atoms with Crippen molar-refractivity contribution in [2.75, 3.05) is 23.7 Å². The lowest BCUT2D eigenvalue weighted by molar-refractivity contribution is 0.291. The molecule has 0 aliphatic rings. The zero-order chi connectivity index (χ0) is 25.3. The number of phenolic OH excluding ortho intramolecular Hbond substituents is 1. The third-order valence-corrected chi connectivity index (χ3v) is 10.8. The molecule has 0 radical (unpaired) electrons. The standard InChI is InChI=1S/C26H29Cl2N3O2S2/c1-5-30(6-2)16-18-14-20(8-10-24(18)32)31(35(4,33)26-12-11-25(28)34-26)23-13-17(3)29-22-15-19(27)7-9-21(22)23/h7-15,32,35H,5-6,16H2,1-4H3. The van der Waals surface area contributed by atoms with E-state index in [2.05, 4.69) is 23.7 Å². The minimum Gasteiger partial charge on any atom is -0.508 e. The number of aryl methyl sites for hydroxylation is 1. The Bertz CT molecular complexity index is 1410. The fraction of sp³-hybridized carbons (Fsp3) is 0.269. The van der Waals surface area contributed by atoms with Crippen LogP contribution in [-0.2, 0) is 16.7 Å². The SMILES string of the molecule is CCN(CC)Cc1cc(N(c2cc(C)nc3cc(Cl)ccc23)[SH](C)(=O)c2ccc(Cl)s2)ccc1O. The quantitative estimate of drug-likeness (QED) is 0.228. The molecule has 4 rings (SSSR count). The van der Waals surface area contributed by atoms with Crippen LogP contribution >= 0.6 is 34.5 Å². The molecule has 0 aliphatic carbocycles. The maximum absolute atomic E-state index is 14.6. The molecule has 9 heteroatoms. The van der Waals surface area contributed by atoms with E-state index in [-0.39, 0.29) is 5.75 Å². The smallest absolute Gasteiger partial charge is 0.120 e. The number of halogens is 2. The second-order valence-corrected chi connectivity index (χ2v) is 13.6. The topological polar surface area (TPSA) is 56.7 Å². The van der Waals surface area contributed by atoms with Crippen LogP contribution in [0, 0.1) is 6.92 Å². The number of aromatic nitrogens is 1. The van der Waals surface area contributed by atoms with Crippen molar-refractivity contribution >= 4 is 66.9 Å². The number of anilines is 2. The zero-order valence-corrected chi connectivity index (χ0v) is 23.3.